The lowest BCUT2D eigenvalue weighted by molar-refractivity contribution is 0.174. The molecule has 0 radical (unpaired) electrons. The minimum atomic E-state index is 0.279. The van der Waals surface area contributed by atoms with Gasteiger partial charge < -0.3 is 15.2 Å². The van der Waals surface area contributed by atoms with Crippen LogP contribution in [0.15, 0.2) is 24.4 Å². The van der Waals surface area contributed by atoms with Crippen molar-refractivity contribution in [2.75, 3.05) is 12.5 Å². The predicted molar refractivity (Wildman–Crippen MR) is 75.6 cm³/mol. The van der Waals surface area contributed by atoms with E-state index in [1.54, 1.807) is 0 Å². The van der Waals surface area contributed by atoms with Crippen molar-refractivity contribution in [1.29, 1.82) is 0 Å². The van der Waals surface area contributed by atoms with E-state index < -0.39 is 0 Å². The Morgan fingerprint density at radius 3 is 2.90 bits per heavy atom. The van der Waals surface area contributed by atoms with Crippen LogP contribution in [0.4, 0.5) is 5.69 Å². The third-order valence-electron chi connectivity index (χ3n) is 4.13. The topological polar surface area (TPSA) is 62.3 Å². The molecule has 2 aliphatic rings. The second-order valence-electron chi connectivity index (χ2n) is 5.56. The molecule has 4 rings (SSSR count). The average molecular weight is 271 g/mol. The van der Waals surface area contributed by atoms with Crippen LogP contribution in [-0.4, -0.2) is 16.6 Å². The molecule has 1 saturated carbocycles. The van der Waals surface area contributed by atoms with E-state index in [2.05, 4.69) is 12.0 Å². The van der Waals surface area contributed by atoms with Crippen LogP contribution in [0.2, 0.25) is 0 Å². The van der Waals surface area contributed by atoms with Crippen LogP contribution in [0.3, 0.4) is 0 Å². The molecule has 20 heavy (non-hydrogen) atoms. The molecular formula is C15H17N3O2. The van der Waals surface area contributed by atoms with Gasteiger partial charge in [-0.2, -0.15) is 5.10 Å². The standard InChI is InChI=1S/C15H17N3O2/c1-9(10-2-3-10)18-7-12(16)15(17-18)11-4-5-13-14(6-11)20-8-19-13/h4-7,9-10H,2-3,8,16H2,1H3. The van der Waals surface area contributed by atoms with Crippen molar-refractivity contribution in [3.63, 3.8) is 0 Å². The van der Waals surface area contributed by atoms with Gasteiger partial charge in [-0.25, -0.2) is 0 Å². The summed E-state index contributed by atoms with van der Waals surface area (Å²) in [6.07, 6.45) is 4.52. The first kappa shape index (κ1) is 11.6. The summed E-state index contributed by atoms with van der Waals surface area (Å²) in [6, 6.07) is 6.23. The molecule has 1 fully saturated rings. The monoisotopic (exact) mass is 271 g/mol. The fraction of sp³-hybridized carbons (Fsp3) is 0.400. The summed E-state index contributed by atoms with van der Waals surface area (Å²) in [5, 5.41) is 4.66. The Morgan fingerprint density at radius 1 is 1.30 bits per heavy atom. The molecular weight excluding hydrogens is 254 g/mol. The number of hydrogen-bond acceptors (Lipinski definition) is 4. The van der Waals surface area contributed by atoms with Gasteiger partial charge in [0.05, 0.1) is 11.7 Å². The number of aromatic nitrogens is 2. The highest BCUT2D eigenvalue weighted by Gasteiger charge is 2.30. The van der Waals surface area contributed by atoms with E-state index in [9.17, 15) is 0 Å². The van der Waals surface area contributed by atoms with Gasteiger partial charge in [0.2, 0.25) is 6.79 Å². The molecule has 1 aliphatic heterocycles. The third-order valence-corrected chi connectivity index (χ3v) is 4.13. The zero-order valence-corrected chi connectivity index (χ0v) is 11.4. The van der Waals surface area contributed by atoms with Crippen molar-refractivity contribution < 1.29 is 9.47 Å². The minimum Gasteiger partial charge on any atom is -0.454 e. The van der Waals surface area contributed by atoms with Crippen LogP contribution < -0.4 is 15.2 Å². The van der Waals surface area contributed by atoms with E-state index in [0.29, 0.717) is 11.7 Å². The summed E-state index contributed by atoms with van der Waals surface area (Å²) in [5.74, 6) is 2.28. The summed E-state index contributed by atoms with van der Waals surface area (Å²) in [5.41, 5.74) is 8.61. The molecule has 0 bridgehead atoms. The molecule has 1 unspecified atom stereocenters. The van der Waals surface area contributed by atoms with Crippen LogP contribution in [-0.2, 0) is 0 Å². The molecule has 1 atom stereocenters. The molecule has 0 saturated heterocycles. The number of hydrogen-bond donors (Lipinski definition) is 1. The molecule has 1 aliphatic carbocycles. The van der Waals surface area contributed by atoms with E-state index in [4.69, 9.17) is 15.2 Å². The number of benzene rings is 1. The van der Waals surface area contributed by atoms with Crippen LogP contribution in [0.1, 0.15) is 25.8 Å². The fourth-order valence-electron chi connectivity index (χ4n) is 2.68. The van der Waals surface area contributed by atoms with Crippen molar-refractivity contribution in [3.05, 3.63) is 24.4 Å². The number of anilines is 1. The average Bonchev–Trinajstić information content (AvgIpc) is 3.07. The number of rotatable bonds is 3. The molecule has 1 aromatic carbocycles. The molecule has 2 aromatic rings. The second kappa shape index (κ2) is 4.16. The highest BCUT2D eigenvalue weighted by molar-refractivity contribution is 5.74. The first-order valence-corrected chi connectivity index (χ1v) is 6.97. The molecule has 0 spiro atoms. The van der Waals surface area contributed by atoms with Gasteiger partial charge in [-0.1, -0.05) is 0 Å². The smallest absolute Gasteiger partial charge is 0.231 e. The zero-order valence-electron chi connectivity index (χ0n) is 11.4. The molecule has 2 heterocycles. The lowest BCUT2D eigenvalue weighted by Crippen LogP contribution is -2.07. The first-order valence-electron chi connectivity index (χ1n) is 6.97. The summed E-state index contributed by atoms with van der Waals surface area (Å²) in [4.78, 5) is 0. The van der Waals surface area contributed by atoms with Crippen molar-refractivity contribution in [2.45, 2.75) is 25.8 Å². The van der Waals surface area contributed by atoms with E-state index in [-0.39, 0.29) is 6.79 Å². The van der Waals surface area contributed by atoms with Gasteiger partial charge in [0.25, 0.3) is 0 Å². The Hall–Kier alpha value is -2.17. The molecule has 5 nitrogen and oxygen atoms in total. The number of nitrogen functional groups attached to an aromatic ring is 1. The maximum atomic E-state index is 6.12. The van der Waals surface area contributed by atoms with Crippen LogP contribution in [0.5, 0.6) is 11.5 Å². The van der Waals surface area contributed by atoms with E-state index in [1.165, 1.54) is 12.8 Å². The lowest BCUT2D eigenvalue weighted by atomic mass is 10.1. The quantitative estimate of drug-likeness (QED) is 0.932. The highest BCUT2D eigenvalue weighted by Crippen LogP contribution is 2.41. The molecule has 104 valence electrons. The number of ether oxygens (including phenoxy) is 2. The largest absolute Gasteiger partial charge is 0.454 e. The number of nitrogens with two attached hydrogens (primary N) is 1. The van der Waals surface area contributed by atoms with Crippen molar-refractivity contribution >= 4 is 5.69 Å². The van der Waals surface area contributed by atoms with Gasteiger partial charge in [0, 0.05) is 11.8 Å². The molecule has 2 N–H and O–H groups in total. The van der Waals surface area contributed by atoms with Gasteiger partial charge in [-0.3, -0.25) is 4.68 Å². The Labute approximate surface area is 117 Å². The van der Waals surface area contributed by atoms with Gasteiger partial charge in [-0.15, -0.1) is 0 Å². The zero-order chi connectivity index (χ0) is 13.7. The summed E-state index contributed by atoms with van der Waals surface area (Å²) >= 11 is 0. The van der Waals surface area contributed by atoms with Crippen LogP contribution in [0.25, 0.3) is 11.3 Å². The van der Waals surface area contributed by atoms with E-state index in [0.717, 1.165) is 28.7 Å². The third kappa shape index (κ3) is 1.81. The van der Waals surface area contributed by atoms with Gasteiger partial charge in [-0.05, 0) is 43.9 Å². The Bertz CT molecular complexity index is 661. The lowest BCUT2D eigenvalue weighted by Gasteiger charge is -2.09. The summed E-state index contributed by atoms with van der Waals surface area (Å²) in [7, 11) is 0. The van der Waals surface area contributed by atoms with Crippen molar-refractivity contribution in [2.24, 2.45) is 5.92 Å². The molecule has 1 aromatic heterocycles. The first-order chi connectivity index (χ1) is 9.72. The van der Waals surface area contributed by atoms with Crippen molar-refractivity contribution in [3.8, 4) is 22.8 Å². The van der Waals surface area contributed by atoms with Gasteiger partial charge in [0.1, 0.15) is 5.69 Å². The number of fused-ring (bicyclic) bond motifs is 1. The minimum absolute atomic E-state index is 0.279. The Morgan fingerprint density at radius 2 is 2.10 bits per heavy atom. The predicted octanol–water partition coefficient (Wildman–Crippen LogP) is 2.83. The van der Waals surface area contributed by atoms with E-state index >= 15 is 0 Å². The van der Waals surface area contributed by atoms with Crippen LogP contribution in [0, 0.1) is 5.92 Å². The van der Waals surface area contributed by atoms with E-state index in [1.807, 2.05) is 29.1 Å². The number of nitrogens with zero attached hydrogens (tertiary/aromatic N) is 2. The maximum Gasteiger partial charge on any atom is 0.231 e. The van der Waals surface area contributed by atoms with Gasteiger partial charge in [0.15, 0.2) is 11.5 Å². The second-order valence-corrected chi connectivity index (χ2v) is 5.56. The SMILES string of the molecule is CC(C1CC1)n1cc(N)c(-c2ccc3c(c2)OCO3)n1. The summed E-state index contributed by atoms with van der Waals surface area (Å²) < 4.78 is 12.7. The Kier molecular flexibility index (Phi) is 2.42. The highest BCUT2D eigenvalue weighted by atomic mass is 16.7. The fourth-order valence-corrected chi connectivity index (χ4v) is 2.68. The maximum absolute atomic E-state index is 6.12. The van der Waals surface area contributed by atoms with Crippen LogP contribution >= 0.6 is 0 Å². The molecule has 0 amide bonds. The molecule has 5 heteroatoms. The van der Waals surface area contributed by atoms with Gasteiger partial charge >= 0.3 is 0 Å². The normalized spacial score (nSPS) is 18.2. The Balaban J connectivity index is 1.71. The summed E-state index contributed by atoms with van der Waals surface area (Å²) in [6.45, 7) is 2.48. The van der Waals surface area contributed by atoms with Crippen molar-refractivity contribution in [1.82, 2.24) is 9.78 Å².